The van der Waals surface area contributed by atoms with Gasteiger partial charge in [-0.1, -0.05) is 19.4 Å². The SMILES string of the molecule is CCCC(NC(=O)c1cncc(-c2ccc3c(c2)CCO3)c1)C(=O)O. The lowest BCUT2D eigenvalue weighted by Gasteiger charge is -2.13. The van der Waals surface area contributed by atoms with Gasteiger partial charge in [0.2, 0.25) is 0 Å². The molecule has 6 heteroatoms. The number of carboxylic acids is 1. The van der Waals surface area contributed by atoms with Crippen LogP contribution in [0.5, 0.6) is 5.75 Å². The van der Waals surface area contributed by atoms with Gasteiger partial charge in [-0.05, 0) is 35.7 Å². The lowest BCUT2D eigenvalue weighted by atomic mass is 10.0. The summed E-state index contributed by atoms with van der Waals surface area (Å²) in [5, 5.41) is 11.7. The third kappa shape index (κ3) is 3.79. The molecule has 0 fully saturated rings. The van der Waals surface area contributed by atoms with Crippen molar-refractivity contribution in [3.63, 3.8) is 0 Å². The van der Waals surface area contributed by atoms with Crippen molar-refractivity contribution in [1.29, 1.82) is 0 Å². The maximum atomic E-state index is 12.4. The molecule has 1 unspecified atom stereocenters. The highest BCUT2D eigenvalue weighted by Crippen LogP contribution is 2.30. The number of aromatic nitrogens is 1. The molecule has 0 saturated carbocycles. The van der Waals surface area contributed by atoms with Gasteiger partial charge in [0.1, 0.15) is 11.8 Å². The van der Waals surface area contributed by atoms with Crippen LogP contribution >= 0.6 is 0 Å². The van der Waals surface area contributed by atoms with E-state index in [4.69, 9.17) is 4.74 Å². The topological polar surface area (TPSA) is 88.5 Å². The first-order valence-electron chi connectivity index (χ1n) is 8.33. The van der Waals surface area contributed by atoms with E-state index in [1.807, 2.05) is 25.1 Å². The second-order valence-corrected chi connectivity index (χ2v) is 6.04. The number of aliphatic carboxylic acids is 1. The maximum Gasteiger partial charge on any atom is 0.326 e. The Balaban J connectivity index is 1.81. The number of nitrogens with zero attached hydrogens (tertiary/aromatic N) is 1. The fraction of sp³-hybridized carbons (Fsp3) is 0.316. The van der Waals surface area contributed by atoms with Crippen molar-refractivity contribution in [2.24, 2.45) is 0 Å². The number of amides is 1. The Morgan fingerprint density at radius 3 is 2.88 bits per heavy atom. The molecule has 2 N–H and O–H groups in total. The van der Waals surface area contributed by atoms with E-state index < -0.39 is 17.9 Å². The van der Waals surface area contributed by atoms with Crippen LogP contribution < -0.4 is 10.1 Å². The number of fused-ring (bicyclic) bond motifs is 1. The van der Waals surface area contributed by atoms with Crippen molar-refractivity contribution < 1.29 is 19.4 Å². The molecular formula is C19H20N2O4. The van der Waals surface area contributed by atoms with Crippen molar-refractivity contribution in [3.8, 4) is 16.9 Å². The zero-order valence-corrected chi connectivity index (χ0v) is 14.0. The van der Waals surface area contributed by atoms with Gasteiger partial charge in [-0.25, -0.2) is 4.79 Å². The van der Waals surface area contributed by atoms with Gasteiger partial charge in [-0.3, -0.25) is 9.78 Å². The third-order valence-corrected chi connectivity index (χ3v) is 4.20. The molecule has 1 aliphatic heterocycles. The third-order valence-electron chi connectivity index (χ3n) is 4.20. The molecule has 1 aliphatic rings. The summed E-state index contributed by atoms with van der Waals surface area (Å²) in [5.74, 6) is -0.563. The number of rotatable bonds is 6. The lowest BCUT2D eigenvalue weighted by molar-refractivity contribution is -0.139. The predicted octanol–water partition coefficient (Wildman–Crippen LogP) is 2.67. The molecule has 0 radical (unpaired) electrons. The normalized spacial score (nSPS) is 13.6. The molecule has 0 spiro atoms. The average molecular weight is 340 g/mol. The van der Waals surface area contributed by atoms with Gasteiger partial charge in [-0.15, -0.1) is 0 Å². The van der Waals surface area contributed by atoms with Crippen LogP contribution in [0.2, 0.25) is 0 Å². The fourth-order valence-electron chi connectivity index (χ4n) is 2.88. The predicted molar refractivity (Wildman–Crippen MR) is 92.7 cm³/mol. The second-order valence-electron chi connectivity index (χ2n) is 6.04. The van der Waals surface area contributed by atoms with Crippen molar-refractivity contribution in [3.05, 3.63) is 47.8 Å². The van der Waals surface area contributed by atoms with Crippen LogP contribution in [0.1, 0.15) is 35.7 Å². The highest BCUT2D eigenvalue weighted by atomic mass is 16.5. The van der Waals surface area contributed by atoms with Crippen LogP contribution in [0, 0.1) is 0 Å². The fourth-order valence-corrected chi connectivity index (χ4v) is 2.88. The first-order chi connectivity index (χ1) is 12.1. The van der Waals surface area contributed by atoms with Crippen LogP contribution in [0.4, 0.5) is 0 Å². The minimum atomic E-state index is -1.03. The van der Waals surface area contributed by atoms with Crippen molar-refractivity contribution in [1.82, 2.24) is 10.3 Å². The Bertz CT molecular complexity index is 804. The van der Waals surface area contributed by atoms with Crippen molar-refractivity contribution in [2.75, 3.05) is 6.61 Å². The Labute approximate surface area is 145 Å². The van der Waals surface area contributed by atoms with Gasteiger partial charge in [0.05, 0.1) is 12.2 Å². The molecule has 3 rings (SSSR count). The largest absolute Gasteiger partial charge is 0.493 e. The summed E-state index contributed by atoms with van der Waals surface area (Å²) in [4.78, 5) is 27.7. The summed E-state index contributed by atoms with van der Waals surface area (Å²) in [6.45, 7) is 2.56. The average Bonchev–Trinajstić information content (AvgIpc) is 3.09. The molecule has 1 amide bonds. The van der Waals surface area contributed by atoms with Crippen LogP contribution in [0.15, 0.2) is 36.7 Å². The Morgan fingerprint density at radius 1 is 1.28 bits per heavy atom. The molecule has 0 aliphatic carbocycles. The molecule has 1 aromatic carbocycles. The van der Waals surface area contributed by atoms with Crippen LogP contribution in [-0.2, 0) is 11.2 Å². The number of carbonyl (C=O) groups excluding carboxylic acids is 1. The summed E-state index contributed by atoms with van der Waals surface area (Å²) in [6.07, 6.45) is 5.06. The summed E-state index contributed by atoms with van der Waals surface area (Å²) in [5.41, 5.74) is 3.25. The second kappa shape index (κ2) is 7.34. The molecular weight excluding hydrogens is 320 g/mol. The van der Waals surface area contributed by atoms with E-state index in [1.54, 1.807) is 12.3 Å². The molecule has 2 aromatic rings. The minimum Gasteiger partial charge on any atom is -0.493 e. The highest BCUT2D eigenvalue weighted by molar-refractivity contribution is 5.97. The van der Waals surface area contributed by atoms with Gasteiger partial charge in [0.15, 0.2) is 0 Å². The monoisotopic (exact) mass is 340 g/mol. The molecule has 130 valence electrons. The molecule has 1 atom stereocenters. The van der Waals surface area contributed by atoms with Gasteiger partial charge in [-0.2, -0.15) is 0 Å². The number of hydrogen-bond donors (Lipinski definition) is 2. The number of hydrogen-bond acceptors (Lipinski definition) is 4. The van der Waals surface area contributed by atoms with Gasteiger partial charge in [0, 0.05) is 24.4 Å². The Morgan fingerprint density at radius 2 is 2.12 bits per heavy atom. The Kier molecular flexibility index (Phi) is 4.97. The molecule has 2 heterocycles. The highest BCUT2D eigenvalue weighted by Gasteiger charge is 2.20. The number of pyridine rings is 1. The number of nitrogens with one attached hydrogen (secondary N) is 1. The summed E-state index contributed by atoms with van der Waals surface area (Å²) >= 11 is 0. The van der Waals surface area contributed by atoms with Gasteiger partial charge >= 0.3 is 5.97 Å². The van der Waals surface area contributed by atoms with Crippen LogP contribution in [0.3, 0.4) is 0 Å². The van der Waals surface area contributed by atoms with E-state index in [2.05, 4.69) is 10.3 Å². The smallest absolute Gasteiger partial charge is 0.326 e. The first kappa shape index (κ1) is 17.0. The quantitative estimate of drug-likeness (QED) is 0.844. The van der Waals surface area contributed by atoms with Crippen LogP contribution in [0.25, 0.3) is 11.1 Å². The number of carbonyl (C=O) groups is 2. The zero-order valence-electron chi connectivity index (χ0n) is 14.0. The van der Waals surface area contributed by atoms with E-state index in [0.717, 1.165) is 28.9 Å². The van der Waals surface area contributed by atoms with E-state index in [1.165, 1.54) is 6.20 Å². The van der Waals surface area contributed by atoms with E-state index in [9.17, 15) is 14.7 Å². The first-order valence-corrected chi connectivity index (χ1v) is 8.33. The van der Waals surface area contributed by atoms with E-state index in [0.29, 0.717) is 25.0 Å². The molecule has 0 bridgehead atoms. The molecule has 1 aromatic heterocycles. The van der Waals surface area contributed by atoms with E-state index >= 15 is 0 Å². The minimum absolute atomic E-state index is 0.344. The van der Waals surface area contributed by atoms with Crippen LogP contribution in [-0.4, -0.2) is 34.6 Å². The standard InChI is InChI=1S/C19H20N2O4/c1-2-3-16(19(23)24)21-18(22)15-9-14(10-20-11-15)12-4-5-17-13(8-12)6-7-25-17/h4-5,8-11,16H,2-3,6-7H2,1H3,(H,21,22)(H,23,24). The summed E-state index contributed by atoms with van der Waals surface area (Å²) in [7, 11) is 0. The number of benzene rings is 1. The molecule has 0 saturated heterocycles. The lowest BCUT2D eigenvalue weighted by Crippen LogP contribution is -2.40. The summed E-state index contributed by atoms with van der Waals surface area (Å²) < 4.78 is 5.51. The van der Waals surface area contributed by atoms with Gasteiger partial charge in [0.25, 0.3) is 5.91 Å². The zero-order chi connectivity index (χ0) is 17.8. The molecule has 6 nitrogen and oxygen atoms in total. The van der Waals surface area contributed by atoms with Crippen molar-refractivity contribution >= 4 is 11.9 Å². The number of carboxylic acid groups (broad SMARTS) is 1. The Hall–Kier alpha value is -2.89. The summed E-state index contributed by atoms with van der Waals surface area (Å²) in [6, 6.07) is 6.73. The van der Waals surface area contributed by atoms with Crippen molar-refractivity contribution in [2.45, 2.75) is 32.2 Å². The maximum absolute atomic E-state index is 12.4. The number of ether oxygens (including phenoxy) is 1. The van der Waals surface area contributed by atoms with Gasteiger partial charge < -0.3 is 15.2 Å². The molecule has 25 heavy (non-hydrogen) atoms. The van der Waals surface area contributed by atoms with E-state index in [-0.39, 0.29) is 0 Å².